The minimum Gasteiger partial charge on any atom is -0.310 e. The van der Waals surface area contributed by atoms with Crippen LogP contribution in [-0.2, 0) is 0 Å². The zero-order chi connectivity index (χ0) is 45.2. The lowest BCUT2D eigenvalue weighted by molar-refractivity contribution is 1.18. The zero-order valence-corrected chi connectivity index (χ0v) is 37.5. The Hall–Kier alpha value is -8.98. The van der Waals surface area contributed by atoms with Gasteiger partial charge in [-0.1, -0.05) is 200 Å². The molecule has 320 valence electrons. The van der Waals surface area contributed by atoms with Gasteiger partial charge in [0.2, 0.25) is 0 Å². The predicted molar refractivity (Wildman–Crippen MR) is 288 cm³/mol. The van der Waals surface area contributed by atoms with E-state index < -0.39 is 0 Å². The van der Waals surface area contributed by atoms with Crippen LogP contribution < -0.4 is 4.90 Å². The molecule has 0 unspecified atom stereocenters. The van der Waals surface area contributed by atoms with Crippen LogP contribution in [0.4, 0.5) is 17.1 Å². The molecule has 12 aromatic rings. The maximum atomic E-state index is 2.41. The number of aromatic nitrogens is 1. The Morgan fingerprint density at radius 1 is 0.206 bits per heavy atom. The molecule has 12 rings (SSSR count). The molecular weight excluding hydrogens is 821 g/mol. The van der Waals surface area contributed by atoms with Crippen molar-refractivity contribution in [1.29, 1.82) is 0 Å². The van der Waals surface area contributed by atoms with Crippen LogP contribution in [0.25, 0.3) is 94.3 Å². The van der Waals surface area contributed by atoms with Crippen molar-refractivity contribution in [1.82, 2.24) is 4.57 Å². The third kappa shape index (κ3) is 7.85. The fourth-order valence-electron chi connectivity index (χ4n) is 9.74. The molecule has 11 aromatic carbocycles. The molecule has 0 aliphatic carbocycles. The Balaban J connectivity index is 0.912. The molecule has 0 amide bonds. The average Bonchev–Trinajstić information content (AvgIpc) is 3.75. The number of benzene rings is 11. The number of nitrogens with zero attached hydrogens (tertiary/aromatic N) is 2. The molecule has 2 heteroatoms. The van der Waals surface area contributed by atoms with Crippen LogP contribution >= 0.6 is 0 Å². The normalized spacial score (nSPS) is 11.2. The lowest BCUT2D eigenvalue weighted by Crippen LogP contribution is -2.10. The molecule has 0 spiro atoms. The molecular formula is C66H46N2. The summed E-state index contributed by atoms with van der Waals surface area (Å²) in [6.45, 7) is 0. The Morgan fingerprint density at radius 3 is 0.956 bits per heavy atom. The fraction of sp³-hybridized carbons (Fsp3) is 0. The molecule has 0 atom stereocenters. The highest BCUT2D eigenvalue weighted by atomic mass is 15.1. The van der Waals surface area contributed by atoms with Gasteiger partial charge >= 0.3 is 0 Å². The maximum Gasteiger partial charge on any atom is 0.0541 e. The van der Waals surface area contributed by atoms with E-state index in [2.05, 4.69) is 289 Å². The van der Waals surface area contributed by atoms with Crippen molar-refractivity contribution in [2.45, 2.75) is 0 Å². The molecule has 0 aliphatic heterocycles. The van der Waals surface area contributed by atoms with E-state index in [4.69, 9.17) is 0 Å². The van der Waals surface area contributed by atoms with E-state index in [-0.39, 0.29) is 0 Å². The van der Waals surface area contributed by atoms with Gasteiger partial charge in [-0.05, 0) is 146 Å². The predicted octanol–water partition coefficient (Wildman–Crippen LogP) is 18.3. The van der Waals surface area contributed by atoms with Crippen molar-refractivity contribution in [2.75, 3.05) is 4.90 Å². The molecule has 0 saturated carbocycles. The molecule has 1 heterocycles. The monoisotopic (exact) mass is 866 g/mol. The molecule has 2 nitrogen and oxygen atoms in total. The first-order valence-electron chi connectivity index (χ1n) is 23.3. The maximum absolute atomic E-state index is 2.41. The smallest absolute Gasteiger partial charge is 0.0541 e. The third-order valence-corrected chi connectivity index (χ3v) is 13.2. The van der Waals surface area contributed by atoms with Gasteiger partial charge in [-0.25, -0.2) is 0 Å². The fourth-order valence-corrected chi connectivity index (χ4v) is 9.74. The van der Waals surface area contributed by atoms with E-state index in [1.165, 1.54) is 77.4 Å². The molecule has 0 radical (unpaired) electrons. The Labute approximate surface area is 397 Å². The van der Waals surface area contributed by atoms with Crippen molar-refractivity contribution in [2.24, 2.45) is 0 Å². The van der Waals surface area contributed by atoms with Gasteiger partial charge in [-0.15, -0.1) is 0 Å². The summed E-state index contributed by atoms with van der Waals surface area (Å²) in [4.78, 5) is 2.36. The van der Waals surface area contributed by atoms with Crippen LogP contribution in [0.5, 0.6) is 0 Å². The van der Waals surface area contributed by atoms with E-state index in [1.807, 2.05) is 0 Å². The van der Waals surface area contributed by atoms with Crippen molar-refractivity contribution in [3.05, 3.63) is 279 Å². The molecule has 1 aromatic heterocycles. The van der Waals surface area contributed by atoms with E-state index >= 15 is 0 Å². The SMILES string of the molecule is c1ccc(-c2ccc(N(c3ccc(-c4cccc(-c5ccccc5)c4)cc3)c3cccc(-c4ccc(-n5c6ccc(-c7ccccc7)cc6c6cc(-c7ccccc7)ccc65)cc4)c3)cc2)cc1. The summed E-state index contributed by atoms with van der Waals surface area (Å²) in [7, 11) is 0. The van der Waals surface area contributed by atoms with E-state index in [0.717, 1.165) is 33.9 Å². The first-order chi connectivity index (χ1) is 33.7. The van der Waals surface area contributed by atoms with Crippen LogP contribution in [-0.4, -0.2) is 4.57 Å². The molecule has 0 fully saturated rings. The van der Waals surface area contributed by atoms with Crippen molar-refractivity contribution in [3.8, 4) is 72.4 Å². The number of rotatable bonds is 10. The Kier molecular flexibility index (Phi) is 10.6. The molecule has 0 aliphatic rings. The highest BCUT2D eigenvalue weighted by Crippen LogP contribution is 2.41. The van der Waals surface area contributed by atoms with E-state index in [1.54, 1.807) is 0 Å². The van der Waals surface area contributed by atoms with Crippen molar-refractivity contribution in [3.63, 3.8) is 0 Å². The Morgan fingerprint density at radius 2 is 0.515 bits per heavy atom. The lowest BCUT2D eigenvalue weighted by Gasteiger charge is -2.26. The number of fused-ring (bicyclic) bond motifs is 3. The topological polar surface area (TPSA) is 8.17 Å². The number of anilines is 3. The van der Waals surface area contributed by atoms with Gasteiger partial charge in [-0.2, -0.15) is 0 Å². The molecule has 68 heavy (non-hydrogen) atoms. The molecule has 0 saturated heterocycles. The quantitative estimate of drug-likeness (QED) is 0.133. The summed E-state index contributed by atoms with van der Waals surface area (Å²) >= 11 is 0. The van der Waals surface area contributed by atoms with Crippen LogP contribution in [0.3, 0.4) is 0 Å². The highest BCUT2D eigenvalue weighted by Gasteiger charge is 2.17. The Bertz CT molecular complexity index is 3570. The van der Waals surface area contributed by atoms with Gasteiger partial charge in [0, 0.05) is 33.5 Å². The van der Waals surface area contributed by atoms with Gasteiger partial charge in [0.05, 0.1) is 11.0 Å². The van der Waals surface area contributed by atoms with E-state index in [9.17, 15) is 0 Å². The zero-order valence-electron chi connectivity index (χ0n) is 37.5. The first-order valence-corrected chi connectivity index (χ1v) is 23.3. The minimum atomic E-state index is 1.09. The van der Waals surface area contributed by atoms with Crippen molar-refractivity contribution < 1.29 is 0 Å². The lowest BCUT2D eigenvalue weighted by atomic mass is 9.98. The molecule has 0 N–H and O–H groups in total. The van der Waals surface area contributed by atoms with Crippen LogP contribution in [0, 0.1) is 0 Å². The molecule has 0 bridgehead atoms. The van der Waals surface area contributed by atoms with Gasteiger partial charge in [0.25, 0.3) is 0 Å². The van der Waals surface area contributed by atoms with Gasteiger partial charge < -0.3 is 9.47 Å². The first kappa shape index (κ1) is 40.5. The summed E-state index contributed by atoms with van der Waals surface area (Å²) in [5.41, 5.74) is 21.1. The summed E-state index contributed by atoms with van der Waals surface area (Å²) in [5, 5.41) is 2.48. The summed E-state index contributed by atoms with van der Waals surface area (Å²) in [5.74, 6) is 0. The van der Waals surface area contributed by atoms with Crippen molar-refractivity contribution >= 4 is 38.9 Å². The average molecular weight is 867 g/mol. The standard InChI is InChI=1S/C66H46N2/c1-5-15-47(16-6-1)51-27-35-59(36-28-51)67(60-37-29-52(30-38-60)55-24-13-23-54(43-55)48-17-7-2-8-18-48)62-26-14-25-56(44-62)53-31-39-61(40-32-53)68-65-41-33-57(49-19-9-3-10-20-49)45-63(65)64-46-58(34-42-66(64)68)50-21-11-4-12-22-50/h1-46H. The second-order valence-corrected chi connectivity index (χ2v) is 17.4. The number of hydrogen-bond donors (Lipinski definition) is 0. The minimum absolute atomic E-state index is 1.09. The summed E-state index contributed by atoms with van der Waals surface area (Å²) < 4.78 is 2.41. The highest BCUT2D eigenvalue weighted by molar-refractivity contribution is 6.11. The van der Waals surface area contributed by atoms with Crippen LogP contribution in [0.15, 0.2) is 279 Å². The van der Waals surface area contributed by atoms with Gasteiger partial charge in [0.15, 0.2) is 0 Å². The summed E-state index contributed by atoms with van der Waals surface area (Å²) in [6, 6.07) is 101. The van der Waals surface area contributed by atoms with Gasteiger partial charge in [-0.3, -0.25) is 0 Å². The van der Waals surface area contributed by atoms with Crippen LogP contribution in [0.2, 0.25) is 0 Å². The van der Waals surface area contributed by atoms with Gasteiger partial charge in [0.1, 0.15) is 0 Å². The summed E-state index contributed by atoms with van der Waals surface area (Å²) in [6.07, 6.45) is 0. The second kappa shape index (κ2) is 17.8. The van der Waals surface area contributed by atoms with Crippen LogP contribution in [0.1, 0.15) is 0 Å². The number of hydrogen-bond acceptors (Lipinski definition) is 1. The largest absolute Gasteiger partial charge is 0.310 e. The third-order valence-electron chi connectivity index (χ3n) is 13.2. The second-order valence-electron chi connectivity index (χ2n) is 17.4. The van der Waals surface area contributed by atoms with E-state index in [0.29, 0.717) is 0 Å².